The lowest BCUT2D eigenvalue weighted by Gasteiger charge is -2.40. The third-order valence-corrected chi connectivity index (χ3v) is 4.11. The first-order valence-corrected chi connectivity index (χ1v) is 7.77. The van der Waals surface area contributed by atoms with Crippen molar-refractivity contribution in [2.75, 3.05) is 0 Å². The van der Waals surface area contributed by atoms with E-state index in [2.05, 4.69) is 10.3 Å². The first-order chi connectivity index (χ1) is 11.5. The normalized spacial score (nSPS) is 22.0. The minimum Gasteiger partial charge on any atom is -0.485 e. The number of amidine groups is 1. The molecule has 1 aliphatic heterocycles. The van der Waals surface area contributed by atoms with E-state index in [0.717, 1.165) is 11.1 Å². The fourth-order valence-corrected chi connectivity index (χ4v) is 2.82. The van der Waals surface area contributed by atoms with E-state index in [1.54, 1.807) is 0 Å². The van der Waals surface area contributed by atoms with Crippen LogP contribution in [0.4, 0.5) is 0 Å². The van der Waals surface area contributed by atoms with Crippen molar-refractivity contribution >= 4 is 5.84 Å². The zero-order chi connectivity index (χ0) is 17.2. The molecule has 5 nitrogen and oxygen atoms in total. The van der Waals surface area contributed by atoms with Crippen LogP contribution in [0.1, 0.15) is 31.0 Å². The molecule has 2 atom stereocenters. The van der Waals surface area contributed by atoms with Gasteiger partial charge in [-0.05, 0) is 19.9 Å². The number of nitrogens with one attached hydrogen (secondary N) is 1. The first kappa shape index (κ1) is 16.0. The van der Waals surface area contributed by atoms with E-state index in [-0.39, 0.29) is 0 Å². The van der Waals surface area contributed by atoms with Crippen LogP contribution in [-0.4, -0.2) is 22.6 Å². The summed E-state index contributed by atoms with van der Waals surface area (Å²) in [6, 6.07) is 16.4. The predicted molar refractivity (Wildman–Crippen MR) is 91.6 cm³/mol. The van der Waals surface area contributed by atoms with Crippen molar-refractivity contribution in [2.24, 2.45) is 4.99 Å². The molecule has 0 aliphatic carbocycles. The Morgan fingerprint density at radius 2 is 1.83 bits per heavy atom. The van der Waals surface area contributed by atoms with Gasteiger partial charge in [0, 0.05) is 11.1 Å². The number of benzene rings is 2. The van der Waals surface area contributed by atoms with Gasteiger partial charge in [-0.25, -0.2) is 0 Å². The van der Waals surface area contributed by atoms with Crippen LogP contribution in [0.2, 0.25) is 0 Å². The van der Waals surface area contributed by atoms with Crippen LogP contribution in [0.25, 0.3) is 0 Å². The van der Waals surface area contributed by atoms with Gasteiger partial charge in [0.15, 0.2) is 6.19 Å². The molecule has 5 heteroatoms. The molecule has 0 saturated carbocycles. The lowest BCUT2D eigenvalue weighted by molar-refractivity contribution is -0.0566. The van der Waals surface area contributed by atoms with Gasteiger partial charge in [-0.3, -0.25) is 10.3 Å². The average molecular weight is 321 g/mol. The molecule has 0 spiro atoms. The monoisotopic (exact) mass is 321 g/mol. The average Bonchev–Trinajstić information content (AvgIpc) is 2.58. The second-order valence-corrected chi connectivity index (χ2v) is 6.21. The highest BCUT2D eigenvalue weighted by atomic mass is 16.5. The molecule has 24 heavy (non-hydrogen) atoms. The van der Waals surface area contributed by atoms with Crippen molar-refractivity contribution in [3.8, 4) is 11.9 Å². The Morgan fingerprint density at radius 1 is 1.17 bits per heavy atom. The second kappa shape index (κ2) is 6.34. The van der Waals surface area contributed by atoms with Gasteiger partial charge >= 0.3 is 0 Å². The number of ether oxygens (including phenoxy) is 1. The number of aliphatic imine (C=N–C) groups is 1. The maximum Gasteiger partial charge on any atom is 0.182 e. The van der Waals surface area contributed by atoms with Crippen molar-refractivity contribution in [1.82, 2.24) is 5.32 Å². The molecule has 0 fully saturated rings. The van der Waals surface area contributed by atoms with Crippen LogP contribution >= 0.6 is 0 Å². The van der Waals surface area contributed by atoms with Crippen LogP contribution in [0.15, 0.2) is 59.6 Å². The molecule has 2 aromatic carbocycles. The fraction of sp³-hybridized carbons (Fsp3) is 0.263. The molecule has 1 heterocycles. The minimum absolute atomic E-state index is 0.426. The van der Waals surface area contributed by atoms with Crippen molar-refractivity contribution in [3.05, 3.63) is 65.7 Å². The largest absolute Gasteiger partial charge is 0.485 e. The number of para-hydroxylation sites is 1. The number of fused-ring (bicyclic) bond motifs is 1. The van der Waals surface area contributed by atoms with Crippen LogP contribution in [-0.2, 0) is 0 Å². The standard InChI is InChI=1S/C19H19N3O2/c1-19(2)17(23)16(14-10-6-7-11-15(14)24-19)22-18(21-12-20)13-8-4-3-5-9-13/h3-11,16-17,23H,1-2H3,(H,21,22). The van der Waals surface area contributed by atoms with Gasteiger partial charge in [-0.1, -0.05) is 48.5 Å². The molecule has 2 unspecified atom stereocenters. The molecule has 0 radical (unpaired) electrons. The second-order valence-electron chi connectivity index (χ2n) is 6.21. The van der Waals surface area contributed by atoms with Gasteiger partial charge in [0.2, 0.25) is 0 Å². The maximum absolute atomic E-state index is 10.8. The lowest BCUT2D eigenvalue weighted by atomic mass is 9.87. The Labute approximate surface area is 141 Å². The molecule has 0 aromatic heterocycles. The number of nitrogens with zero attached hydrogens (tertiary/aromatic N) is 2. The third kappa shape index (κ3) is 2.97. The molecule has 2 N–H and O–H groups in total. The number of aliphatic hydroxyl groups is 1. The first-order valence-electron chi connectivity index (χ1n) is 7.77. The Kier molecular flexibility index (Phi) is 4.24. The van der Waals surface area contributed by atoms with E-state index in [9.17, 15) is 5.11 Å². The Morgan fingerprint density at radius 3 is 2.54 bits per heavy atom. The van der Waals surface area contributed by atoms with Crippen LogP contribution in [0.3, 0.4) is 0 Å². The van der Waals surface area contributed by atoms with Crippen LogP contribution in [0.5, 0.6) is 5.75 Å². The Hall–Kier alpha value is -2.84. The van der Waals surface area contributed by atoms with Gasteiger partial charge in [0.05, 0.1) is 0 Å². The van der Waals surface area contributed by atoms with E-state index in [1.165, 1.54) is 0 Å². The molecule has 2 aromatic rings. The van der Waals surface area contributed by atoms with E-state index < -0.39 is 17.7 Å². The molecule has 122 valence electrons. The summed E-state index contributed by atoms with van der Waals surface area (Å²) in [7, 11) is 0. The lowest BCUT2D eigenvalue weighted by Crippen LogP contribution is -2.48. The fourth-order valence-electron chi connectivity index (χ4n) is 2.82. The van der Waals surface area contributed by atoms with Gasteiger partial charge in [-0.15, -0.1) is 0 Å². The van der Waals surface area contributed by atoms with Gasteiger partial charge in [0.1, 0.15) is 29.3 Å². The van der Waals surface area contributed by atoms with E-state index in [1.807, 2.05) is 74.6 Å². The SMILES string of the molecule is CC1(C)Oc2ccccc2C(N=C(NC#N)c2ccccc2)C1O. The molecule has 0 bridgehead atoms. The molecule has 3 rings (SSSR count). The van der Waals surface area contributed by atoms with Crippen molar-refractivity contribution in [2.45, 2.75) is 31.6 Å². The zero-order valence-corrected chi connectivity index (χ0v) is 13.6. The van der Waals surface area contributed by atoms with Crippen molar-refractivity contribution < 1.29 is 9.84 Å². The van der Waals surface area contributed by atoms with Gasteiger partial charge < -0.3 is 9.84 Å². The Bertz CT molecular complexity index is 794. The minimum atomic E-state index is -0.841. The number of rotatable bonds is 2. The molecule has 0 saturated heterocycles. The summed E-state index contributed by atoms with van der Waals surface area (Å²) in [5.41, 5.74) is 0.808. The number of nitriles is 1. The van der Waals surface area contributed by atoms with Gasteiger partial charge in [0.25, 0.3) is 0 Å². The van der Waals surface area contributed by atoms with Gasteiger partial charge in [-0.2, -0.15) is 5.26 Å². The highest BCUT2D eigenvalue weighted by Gasteiger charge is 2.43. The van der Waals surface area contributed by atoms with E-state index >= 15 is 0 Å². The topological polar surface area (TPSA) is 77.6 Å². The summed E-state index contributed by atoms with van der Waals surface area (Å²) < 4.78 is 5.90. The number of aliphatic hydroxyl groups excluding tert-OH is 1. The van der Waals surface area contributed by atoms with E-state index in [0.29, 0.717) is 11.6 Å². The summed E-state index contributed by atoms with van der Waals surface area (Å²) >= 11 is 0. The quantitative estimate of drug-likeness (QED) is 0.386. The summed E-state index contributed by atoms with van der Waals surface area (Å²) in [6.07, 6.45) is 1.08. The summed E-state index contributed by atoms with van der Waals surface area (Å²) in [6.45, 7) is 3.66. The highest BCUT2D eigenvalue weighted by Crippen LogP contribution is 2.41. The number of hydrogen-bond acceptors (Lipinski definition) is 4. The van der Waals surface area contributed by atoms with Crippen molar-refractivity contribution in [1.29, 1.82) is 5.26 Å². The molecule has 1 aliphatic rings. The molecular weight excluding hydrogens is 302 g/mol. The zero-order valence-electron chi connectivity index (χ0n) is 13.6. The van der Waals surface area contributed by atoms with Crippen molar-refractivity contribution in [3.63, 3.8) is 0 Å². The summed E-state index contributed by atoms with van der Waals surface area (Å²) in [4.78, 5) is 4.67. The van der Waals surface area contributed by atoms with Crippen LogP contribution < -0.4 is 10.1 Å². The highest BCUT2D eigenvalue weighted by molar-refractivity contribution is 5.99. The number of hydrogen-bond donors (Lipinski definition) is 2. The smallest absolute Gasteiger partial charge is 0.182 e. The maximum atomic E-state index is 10.8. The summed E-state index contributed by atoms with van der Waals surface area (Å²) in [5, 5.41) is 22.5. The summed E-state index contributed by atoms with van der Waals surface area (Å²) in [5.74, 6) is 1.13. The van der Waals surface area contributed by atoms with E-state index in [4.69, 9.17) is 10.00 Å². The Balaban J connectivity index is 2.10. The molecular formula is C19H19N3O2. The third-order valence-electron chi connectivity index (χ3n) is 4.11. The predicted octanol–water partition coefficient (Wildman–Crippen LogP) is 2.78. The molecule has 0 amide bonds. The van der Waals surface area contributed by atoms with Crippen LogP contribution in [0, 0.1) is 11.5 Å².